The first-order valence-electron chi connectivity index (χ1n) is 5.75. The minimum atomic E-state index is 0.578. The van der Waals surface area contributed by atoms with Crippen molar-refractivity contribution in [2.45, 2.75) is 6.61 Å². The lowest BCUT2D eigenvalue weighted by atomic mass is 10.2. The lowest BCUT2D eigenvalue weighted by Gasteiger charge is -2.07. The molecule has 0 aliphatic rings. The van der Waals surface area contributed by atoms with Gasteiger partial charge in [-0.25, -0.2) is 0 Å². The van der Waals surface area contributed by atoms with E-state index in [0.29, 0.717) is 18.1 Å². The van der Waals surface area contributed by atoms with Gasteiger partial charge in [0, 0.05) is 12.8 Å². The number of aromatic nitrogens is 5. The molecule has 1 aromatic carbocycles. The van der Waals surface area contributed by atoms with E-state index in [0.717, 1.165) is 11.3 Å². The van der Waals surface area contributed by atoms with E-state index in [1.54, 1.807) is 13.2 Å². The Morgan fingerprint density at radius 2 is 2.21 bits per heavy atom. The number of nitrogens with one attached hydrogen (secondary N) is 1. The van der Waals surface area contributed by atoms with E-state index in [9.17, 15) is 0 Å². The van der Waals surface area contributed by atoms with Crippen LogP contribution in [0.3, 0.4) is 0 Å². The first-order chi connectivity index (χ1) is 9.35. The molecule has 0 atom stereocenters. The molecule has 0 saturated carbocycles. The third kappa shape index (κ3) is 2.50. The minimum Gasteiger partial charge on any atom is -0.380 e. The monoisotopic (exact) mass is 256 g/mol. The van der Waals surface area contributed by atoms with Crippen molar-refractivity contribution in [3.05, 3.63) is 42.0 Å². The quantitative estimate of drug-likeness (QED) is 0.760. The molecular weight excluding hydrogens is 244 g/mol. The Labute approximate surface area is 109 Å². The maximum atomic E-state index is 5.11. The number of ether oxygens (including phenoxy) is 1. The van der Waals surface area contributed by atoms with E-state index >= 15 is 0 Å². The second-order valence-corrected chi connectivity index (χ2v) is 4.00. The number of rotatable bonds is 4. The van der Waals surface area contributed by atoms with Crippen molar-refractivity contribution in [1.29, 1.82) is 0 Å². The van der Waals surface area contributed by atoms with Crippen LogP contribution in [0.5, 0.6) is 0 Å². The summed E-state index contributed by atoms with van der Waals surface area (Å²) in [6.45, 7) is 0.578. The molecule has 0 spiro atoms. The molecule has 3 aromatic rings. The molecule has 2 aromatic heterocycles. The second kappa shape index (κ2) is 4.99. The molecule has 1 N–H and O–H groups in total. The average Bonchev–Trinajstić information content (AvgIpc) is 2.87. The van der Waals surface area contributed by atoms with Crippen LogP contribution in [-0.4, -0.2) is 32.4 Å². The number of hydrogen-bond acceptors (Lipinski definition) is 6. The maximum Gasteiger partial charge on any atom is 0.200 e. The summed E-state index contributed by atoms with van der Waals surface area (Å²) in [6.07, 6.45) is 0. The predicted molar refractivity (Wildman–Crippen MR) is 69.0 cm³/mol. The highest BCUT2D eigenvalue weighted by atomic mass is 16.5. The molecule has 2 heterocycles. The summed E-state index contributed by atoms with van der Waals surface area (Å²) in [6, 6.07) is 11.6. The van der Waals surface area contributed by atoms with Crippen LogP contribution in [0.15, 0.2) is 36.4 Å². The first-order valence-corrected chi connectivity index (χ1v) is 5.75. The van der Waals surface area contributed by atoms with Gasteiger partial charge in [0.1, 0.15) is 0 Å². The smallest absolute Gasteiger partial charge is 0.200 e. The fourth-order valence-electron chi connectivity index (χ4n) is 1.77. The molecule has 0 fully saturated rings. The lowest BCUT2D eigenvalue weighted by Crippen LogP contribution is -2.00. The van der Waals surface area contributed by atoms with Gasteiger partial charge < -0.3 is 10.1 Å². The maximum absolute atomic E-state index is 5.11. The van der Waals surface area contributed by atoms with Crippen LogP contribution in [0, 0.1) is 0 Å². The summed E-state index contributed by atoms with van der Waals surface area (Å²) in [5, 5.41) is 18.5. The van der Waals surface area contributed by atoms with Gasteiger partial charge in [-0.2, -0.15) is 0 Å². The summed E-state index contributed by atoms with van der Waals surface area (Å²) >= 11 is 0. The average molecular weight is 256 g/mol. The van der Waals surface area contributed by atoms with E-state index in [1.807, 2.05) is 30.3 Å². The van der Waals surface area contributed by atoms with Gasteiger partial charge in [0.15, 0.2) is 11.5 Å². The van der Waals surface area contributed by atoms with Crippen molar-refractivity contribution in [2.75, 3.05) is 12.4 Å². The van der Waals surface area contributed by atoms with Gasteiger partial charge >= 0.3 is 0 Å². The van der Waals surface area contributed by atoms with E-state index < -0.39 is 0 Å². The molecule has 0 unspecified atom stereocenters. The van der Waals surface area contributed by atoms with Crippen molar-refractivity contribution in [1.82, 2.24) is 25.3 Å². The highest BCUT2D eigenvalue weighted by molar-refractivity contribution is 5.57. The van der Waals surface area contributed by atoms with Crippen LogP contribution < -0.4 is 5.32 Å². The molecule has 7 heteroatoms. The van der Waals surface area contributed by atoms with Gasteiger partial charge in [-0.1, -0.05) is 12.1 Å². The summed E-state index contributed by atoms with van der Waals surface area (Å²) < 4.78 is 6.48. The fraction of sp³-hybridized carbons (Fsp3) is 0.167. The van der Waals surface area contributed by atoms with Crippen LogP contribution in [-0.2, 0) is 11.3 Å². The molecule has 0 amide bonds. The molecule has 0 radical (unpaired) electrons. The number of fused-ring (bicyclic) bond motifs is 1. The van der Waals surface area contributed by atoms with Crippen molar-refractivity contribution in [3.63, 3.8) is 0 Å². The SMILES string of the molecule is COCc1cccc(Nc2ccc3nnnn3n2)c1. The van der Waals surface area contributed by atoms with Gasteiger partial charge in [-0.15, -0.1) is 14.8 Å². The summed E-state index contributed by atoms with van der Waals surface area (Å²) in [5.41, 5.74) is 2.64. The summed E-state index contributed by atoms with van der Waals surface area (Å²) in [4.78, 5) is 0. The van der Waals surface area contributed by atoms with E-state index in [2.05, 4.69) is 25.9 Å². The van der Waals surface area contributed by atoms with Crippen LogP contribution in [0.25, 0.3) is 5.65 Å². The van der Waals surface area contributed by atoms with E-state index in [4.69, 9.17) is 4.74 Å². The third-order valence-electron chi connectivity index (χ3n) is 2.58. The Morgan fingerprint density at radius 1 is 1.26 bits per heavy atom. The van der Waals surface area contributed by atoms with Gasteiger partial charge in [0.05, 0.1) is 6.61 Å². The summed E-state index contributed by atoms with van der Waals surface area (Å²) in [7, 11) is 1.67. The normalized spacial score (nSPS) is 10.8. The third-order valence-corrected chi connectivity index (χ3v) is 2.58. The topological polar surface area (TPSA) is 77.2 Å². The summed E-state index contributed by atoms with van der Waals surface area (Å²) in [5.74, 6) is 0.675. The molecule has 0 aliphatic heterocycles. The zero-order valence-electron chi connectivity index (χ0n) is 10.3. The highest BCUT2D eigenvalue weighted by Gasteiger charge is 2.01. The van der Waals surface area contributed by atoms with Crippen molar-refractivity contribution < 1.29 is 4.74 Å². The molecule has 0 bridgehead atoms. The Bertz CT molecular complexity index is 695. The lowest BCUT2D eigenvalue weighted by molar-refractivity contribution is 0.185. The predicted octanol–water partition coefficient (Wildman–Crippen LogP) is 1.41. The Morgan fingerprint density at radius 3 is 3.11 bits per heavy atom. The first kappa shape index (κ1) is 11.5. The Hall–Kier alpha value is -2.54. The molecule has 0 saturated heterocycles. The number of nitrogens with zero attached hydrogens (tertiary/aromatic N) is 5. The molecule has 7 nitrogen and oxygen atoms in total. The van der Waals surface area contributed by atoms with Gasteiger partial charge in [0.2, 0.25) is 0 Å². The van der Waals surface area contributed by atoms with Crippen molar-refractivity contribution >= 4 is 17.2 Å². The number of methoxy groups -OCH3 is 1. The molecular formula is C12H12N6O. The zero-order chi connectivity index (χ0) is 13.1. The second-order valence-electron chi connectivity index (χ2n) is 4.00. The fourth-order valence-corrected chi connectivity index (χ4v) is 1.77. The van der Waals surface area contributed by atoms with Gasteiger partial charge in [0.25, 0.3) is 0 Å². The van der Waals surface area contributed by atoms with Gasteiger partial charge in [-0.05, 0) is 40.3 Å². The van der Waals surface area contributed by atoms with Crippen molar-refractivity contribution in [2.24, 2.45) is 0 Å². The number of anilines is 2. The van der Waals surface area contributed by atoms with Crippen LogP contribution >= 0.6 is 0 Å². The zero-order valence-corrected chi connectivity index (χ0v) is 10.3. The molecule has 96 valence electrons. The molecule has 0 aliphatic carbocycles. The highest BCUT2D eigenvalue weighted by Crippen LogP contribution is 2.16. The van der Waals surface area contributed by atoms with Crippen LogP contribution in [0.2, 0.25) is 0 Å². The Balaban J connectivity index is 1.85. The minimum absolute atomic E-state index is 0.578. The van der Waals surface area contributed by atoms with Gasteiger partial charge in [-0.3, -0.25) is 0 Å². The molecule has 3 rings (SSSR count). The molecule has 19 heavy (non-hydrogen) atoms. The standard InChI is InChI=1S/C12H12N6O/c1-19-8-9-3-2-4-10(7-9)13-11-5-6-12-14-16-17-18(12)15-11/h2-7H,8H2,1H3,(H,13,15). The number of tetrazole rings is 1. The van der Waals surface area contributed by atoms with Crippen LogP contribution in [0.4, 0.5) is 11.5 Å². The largest absolute Gasteiger partial charge is 0.380 e. The Kier molecular flexibility index (Phi) is 3.03. The van der Waals surface area contributed by atoms with Crippen LogP contribution in [0.1, 0.15) is 5.56 Å². The van der Waals surface area contributed by atoms with Crippen molar-refractivity contribution in [3.8, 4) is 0 Å². The van der Waals surface area contributed by atoms with E-state index in [-0.39, 0.29) is 0 Å². The number of hydrogen-bond donors (Lipinski definition) is 1. The van der Waals surface area contributed by atoms with E-state index in [1.165, 1.54) is 4.63 Å². The number of benzene rings is 1.